The fraction of sp³-hybridized carbons (Fsp3) is 0.500. The summed E-state index contributed by atoms with van der Waals surface area (Å²) in [6, 6.07) is 4.84. The lowest BCUT2D eigenvalue weighted by atomic mass is 10.0. The Balaban J connectivity index is 1.34. The van der Waals surface area contributed by atoms with Gasteiger partial charge in [0.25, 0.3) is 5.91 Å². The SMILES string of the molecule is O=C1CCC(N2Cc3cc(N4CCN(C5CCOC5)C4=O)ccc3C2=O)C(=O)N1. The van der Waals surface area contributed by atoms with Crippen molar-refractivity contribution in [2.24, 2.45) is 0 Å². The number of imide groups is 1. The summed E-state index contributed by atoms with van der Waals surface area (Å²) in [6.45, 7) is 2.82. The number of carbonyl (C=O) groups is 4. The quantitative estimate of drug-likeness (QED) is 0.747. The number of carbonyl (C=O) groups excluding carboxylic acids is 4. The van der Waals surface area contributed by atoms with Gasteiger partial charge in [0.2, 0.25) is 11.8 Å². The maximum atomic E-state index is 12.9. The third-order valence-corrected chi connectivity index (χ3v) is 6.21. The Kier molecular flexibility index (Phi) is 4.27. The molecule has 2 unspecified atom stereocenters. The molecule has 2 atom stereocenters. The molecule has 3 fully saturated rings. The largest absolute Gasteiger partial charge is 0.379 e. The highest BCUT2D eigenvalue weighted by atomic mass is 16.5. The highest BCUT2D eigenvalue weighted by Crippen LogP contribution is 2.32. The summed E-state index contributed by atoms with van der Waals surface area (Å²) in [5, 5.41) is 2.31. The number of ether oxygens (including phenoxy) is 1. The molecule has 4 aliphatic rings. The lowest BCUT2D eigenvalue weighted by molar-refractivity contribution is -0.136. The van der Waals surface area contributed by atoms with Crippen LogP contribution in [0.3, 0.4) is 0 Å². The van der Waals surface area contributed by atoms with Gasteiger partial charge in [-0.05, 0) is 36.6 Å². The molecule has 0 spiro atoms. The van der Waals surface area contributed by atoms with Crippen LogP contribution >= 0.6 is 0 Å². The molecule has 0 radical (unpaired) electrons. The summed E-state index contributed by atoms with van der Waals surface area (Å²) in [4.78, 5) is 54.4. The Labute approximate surface area is 167 Å². The second kappa shape index (κ2) is 6.84. The number of piperidine rings is 1. The highest BCUT2D eigenvalue weighted by Gasteiger charge is 2.40. The van der Waals surface area contributed by atoms with Gasteiger partial charge in [0, 0.05) is 43.9 Å². The number of hydrogen-bond donors (Lipinski definition) is 1. The van der Waals surface area contributed by atoms with Crippen LogP contribution in [0.15, 0.2) is 18.2 Å². The number of fused-ring (bicyclic) bond motifs is 1. The molecule has 0 saturated carbocycles. The van der Waals surface area contributed by atoms with E-state index in [1.807, 2.05) is 11.0 Å². The van der Waals surface area contributed by atoms with Crippen LogP contribution in [0.25, 0.3) is 0 Å². The Morgan fingerprint density at radius 2 is 1.90 bits per heavy atom. The van der Waals surface area contributed by atoms with E-state index in [9.17, 15) is 19.2 Å². The van der Waals surface area contributed by atoms with Gasteiger partial charge in [0.05, 0.1) is 12.6 Å². The number of urea groups is 1. The van der Waals surface area contributed by atoms with Gasteiger partial charge in [-0.15, -0.1) is 0 Å². The lowest BCUT2D eigenvalue weighted by Crippen LogP contribution is -2.52. The Morgan fingerprint density at radius 3 is 2.66 bits per heavy atom. The monoisotopic (exact) mass is 398 g/mol. The van der Waals surface area contributed by atoms with E-state index in [0.717, 1.165) is 17.7 Å². The van der Waals surface area contributed by atoms with Gasteiger partial charge in [0.1, 0.15) is 6.04 Å². The minimum atomic E-state index is -0.637. The van der Waals surface area contributed by atoms with Crippen LogP contribution in [0.1, 0.15) is 35.2 Å². The standard InChI is InChI=1S/C20H22N4O5/c25-17-4-3-16(18(26)21-17)24-10-12-9-13(1-2-15(12)19(24)27)22-6-7-23(20(22)28)14-5-8-29-11-14/h1-2,9,14,16H,3-8,10-11H2,(H,21,25,26). The summed E-state index contributed by atoms with van der Waals surface area (Å²) >= 11 is 0. The molecular weight excluding hydrogens is 376 g/mol. The number of nitrogens with zero attached hydrogens (tertiary/aromatic N) is 3. The molecule has 1 aromatic carbocycles. The van der Waals surface area contributed by atoms with Gasteiger partial charge >= 0.3 is 6.03 Å². The van der Waals surface area contributed by atoms with Gasteiger partial charge in [-0.3, -0.25) is 24.6 Å². The molecule has 4 aliphatic heterocycles. The van der Waals surface area contributed by atoms with E-state index in [-0.39, 0.29) is 30.3 Å². The molecule has 5 amide bonds. The molecule has 1 aromatic rings. The molecule has 9 heteroatoms. The Morgan fingerprint density at radius 1 is 1.03 bits per heavy atom. The molecular formula is C20H22N4O5. The zero-order valence-electron chi connectivity index (χ0n) is 15.9. The third-order valence-electron chi connectivity index (χ3n) is 6.21. The number of anilines is 1. The minimum absolute atomic E-state index is 0.0354. The fourth-order valence-electron chi connectivity index (χ4n) is 4.63. The first-order valence-electron chi connectivity index (χ1n) is 9.96. The molecule has 1 N–H and O–H groups in total. The van der Waals surface area contributed by atoms with Gasteiger partial charge in [-0.25, -0.2) is 4.79 Å². The number of hydrogen-bond acceptors (Lipinski definition) is 5. The van der Waals surface area contributed by atoms with Crippen molar-refractivity contribution in [1.82, 2.24) is 15.1 Å². The van der Waals surface area contributed by atoms with Crippen molar-refractivity contribution in [3.05, 3.63) is 29.3 Å². The first kappa shape index (κ1) is 18.1. The average molecular weight is 398 g/mol. The normalized spacial score (nSPS) is 27.1. The van der Waals surface area contributed by atoms with Crippen LogP contribution in [0.2, 0.25) is 0 Å². The van der Waals surface area contributed by atoms with E-state index in [2.05, 4.69) is 5.32 Å². The van der Waals surface area contributed by atoms with Gasteiger partial charge in [0.15, 0.2) is 0 Å². The molecule has 3 saturated heterocycles. The summed E-state index contributed by atoms with van der Waals surface area (Å²) < 4.78 is 5.41. The molecule has 152 valence electrons. The Hall–Kier alpha value is -2.94. The predicted octanol–water partition coefficient (Wildman–Crippen LogP) is 0.479. The molecule has 0 aliphatic carbocycles. The maximum absolute atomic E-state index is 12.9. The van der Waals surface area contributed by atoms with Crippen molar-refractivity contribution >= 4 is 29.4 Å². The van der Waals surface area contributed by atoms with Crippen molar-refractivity contribution in [2.45, 2.75) is 37.9 Å². The van der Waals surface area contributed by atoms with Gasteiger partial charge in [-0.2, -0.15) is 0 Å². The van der Waals surface area contributed by atoms with E-state index in [1.165, 1.54) is 4.90 Å². The molecule has 5 rings (SSSR count). The minimum Gasteiger partial charge on any atom is -0.379 e. The van der Waals surface area contributed by atoms with Crippen LogP contribution in [0.5, 0.6) is 0 Å². The third kappa shape index (κ3) is 2.96. The number of rotatable bonds is 3. The summed E-state index contributed by atoms with van der Waals surface area (Å²) in [7, 11) is 0. The lowest BCUT2D eigenvalue weighted by Gasteiger charge is -2.29. The van der Waals surface area contributed by atoms with Crippen LogP contribution < -0.4 is 10.2 Å². The highest BCUT2D eigenvalue weighted by molar-refractivity contribution is 6.06. The van der Waals surface area contributed by atoms with Crippen molar-refractivity contribution in [2.75, 3.05) is 31.2 Å². The van der Waals surface area contributed by atoms with Crippen molar-refractivity contribution in [3.8, 4) is 0 Å². The Bertz CT molecular complexity index is 910. The van der Waals surface area contributed by atoms with E-state index < -0.39 is 11.9 Å². The van der Waals surface area contributed by atoms with Gasteiger partial charge in [-0.1, -0.05) is 0 Å². The molecule has 4 heterocycles. The zero-order valence-corrected chi connectivity index (χ0v) is 15.9. The van der Waals surface area contributed by atoms with Crippen molar-refractivity contribution in [3.63, 3.8) is 0 Å². The molecule has 0 bridgehead atoms. The number of benzene rings is 1. The molecule has 9 nitrogen and oxygen atoms in total. The van der Waals surface area contributed by atoms with E-state index in [1.54, 1.807) is 17.0 Å². The second-order valence-corrected chi connectivity index (χ2v) is 7.89. The zero-order chi connectivity index (χ0) is 20.1. The molecule has 0 aromatic heterocycles. The smallest absolute Gasteiger partial charge is 0.324 e. The van der Waals surface area contributed by atoms with Crippen LogP contribution in [-0.4, -0.2) is 71.9 Å². The van der Waals surface area contributed by atoms with E-state index in [0.29, 0.717) is 44.8 Å². The van der Waals surface area contributed by atoms with Crippen molar-refractivity contribution < 1.29 is 23.9 Å². The average Bonchev–Trinajstić information content (AvgIpc) is 3.41. The fourth-order valence-corrected chi connectivity index (χ4v) is 4.63. The first-order valence-corrected chi connectivity index (χ1v) is 9.96. The van der Waals surface area contributed by atoms with E-state index >= 15 is 0 Å². The number of amides is 5. The van der Waals surface area contributed by atoms with Crippen LogP contribution in [0.4, 0.5) is 10.5 Å². The number of nitrogens with one attached hydrogen (secondary N) is 1. The second-order valence-electron chi connectivity index (χ2n) is 7.89. The predicted molar refractivity (Wildman–Crippen MR) is 101 cm³/mol. The summed E-state index contributed by atoms with van der Waals surface area (Å²) in [5.41, 5.74) is 2.10. The summed E-state index contributed by atoms with van der Waals surface area (Å²) in [5.74, 6) is -0.937. The van der Waals surface area contributed by atoms with Crippen LogP contribution in [-0.2, 0) is 20.9 Å². The van der Waals surface area contributed by atoms with Crippen molar-refractivity contribution in [1.29, 1.82) is 0 Å². The molecule has 29 heavy (non-hydrogen) atoms. The van der Waals surface area contributed by atoms with Gasteiger partial charge < -0.3 is 14.5 Å². The van der Waals surface area contributed by atoms with E-state index in [4.69, 9.17) is 4.74 Å². The summed E-state index contributed by atoms with van der Waals surface area (Å²) in [6.07, 6.45) is 1.42. The van der Waals surface area contributed by atoms with Crippen LogP contribution in [0, 0.1) is 0 Å². The first-order chi connectivity index (χ1) is 14.0. The maximum Gasteiger partial charge on any atom is 0.324 e. The topological polar surface area (TPSA) is 99.3 Å².